The fourth-order valence-corrected chi connectivity index (χ4v) is 2.97. The molecule has 2 N–H and O–H groups in total. The zero-order chi connectivity index (χ0) is 16.2. The standard InChI is InChI=1S/C18H28N2O2/c1-13-11-14(9-10-19-13)17(21)20-12-18(2,3)15-5-7-16(22-4)8-6-15/h5-8,13-14,19H,9-12H2,1-4H3,(H,20,21)/t13-,14-/m0/s1. The summed E-state index contributed by atoms with van der Waals surface area (Å²) in [6.45, 7) is 8.03. The Balaban J connectivity index is 1.92. The normalized spacial score (nSPS) is 22.2. The molecule has 1 heterocycles. The summed E-state index contributed by atoms with van der Waals surface area (Å²) in [5.41, 5.74) is 1.10. The van der Waals surface area contributed by atoms with Crippen LogP contribution < -0.4 is 15.4 Å². The number of hydrogen-bond acceptors (Lipinski definition) is 3. The van der Waals surface area contributed by atoms with Gasteiger partial charge in [-0.15, -0.1) is 0 Å². The van der Waals surface area contributed by atoms with E-state index in [1.807, 2.05) is 12.1 Å². The molecule has 1 aromatic carbocycles. The first-order valence-corrected chi connectivity index (χ1v) is 8.08. The van der Waals surface area contributed by atoms with Crippen LogP contribution in [0.3, 0.4) is 0 Å². The highest BCUT2D eigenvalue weighted by Gasteiger charge is 2.27. The summed E-state index contributed by atoms with van der Waals surface area (Å²) in [5.74, 6) is 1.19. The number of amides is 1. The highest BCUT2D eigenvalue weighted by Crippen LogP contribution is 2.25. The van der Waals surface area contributed by atoms with Crippen molar-refractivity contribution < 1.29 is 9.53 Å². The molecule has 1 saturated heterocycles. The average Bonchev–Trinajstić information content (AvgIpc) is 2.52. The Bertz CT molecular complexity index is 496. The highest BCUT2D eigenvalue weighted by atomic mass is 16.5. The predicted octanol–water partition coefficient (Wildman–Crippen LogP) is 2.48. The van der Waals surface area contributed by atoms with Gasteiger partial charge < -0.3 is 15.4 Å². The van der Waals surface area contributed by atoms with E-state index in [1.165, 1.54) is 5.56 Å². The molecular weight excluding hydrogens is 276 g/mol. The second-order valence-corrected chi connectivity index (χ2v) is 6.91. The van der Waals surface area contributed by atoms with Crippen molar-refractivity contribution in [2.24, 2.45) is 5.92 Å². The molecule has 1 aromatic rings. The molecule has 0 radical (unpaired) electrons. The summed E-state index contributed by atoms with van der Waals surface area (Å²) in [4.78, 5) is 12.4. The molecule has 0 unspecified atom stereocenters. The number of piperidine rings is 1. The van der Waals surface area contributed by atoms with E-state index >= 15 is 0 Å². The summed E-state index contributed by atoms with van der Waals surface area (Å²) < 4.78 is 5.19. The van der Waals surface area contributed by atoms with E-state index in [0.717, 1.165) is 25.1 Å². The summed E-state index contributed by atoms with van der Waals surface area (Å²) in [6, 6.07) is 8.50. The molecule has 2 atom stereocenters. The van der Waals surface area contributed by atoms with Crippen molar-refractivity contribution in [3.63, 3.8) is 0 Å². The van der Waals surface area contributed by atoms with Gasteiger partial charge in [-0.3, -0.25) is 4.79 Å². The van der Waals surface area contributed by atoms with Gasteiger partial charge in [0.1, 0.15) is 5.75 Å². The molecule has 2 rings (SSSR count). The number of methoxy groups -OCH3 is 1. The molecule has 0 bridgehead atoms. The Hall–Kier alpha value is -1.55. The minimum atomic E-state index is -0.0968. The molecule has 1 aliphatic rings. The molecule has 1 aliphatic heterocycles. The Morgan fingerprint density at radius 3 is 2.64 bits per heavy atom. The van der Waals surface area contributed by atoms with Crippen LogP contribution in [0.1, 0.15) is 39.2 Å². The smallest absolute Gasteiger partial charge is 0.223 e. The van der Waals surface area contributed by atoms with Gasteiger partial charge in [0.25, 0.3) is 0 Å². The Morgan fingerprint density at radius 2 is 2.05 bits per heavy atom. The number of carbonyl (C=O) groups excluding carboxylic acids is 1. The number of rotatable bonds is 5. The molecule has 0 aliphatic carbocycles. The first-order chi connectivity index (χ1) is 10.4. The van der Waals surface area contributed by atoms with E-state index < -0.39 is 0 Å². The van der Waals surface area contributed by atoms with Crippen molar-refractivity contribution in [3.8, 4) is 5.75 Å². The quantitative estimate of drug-likeness (QED) is 0.878. The average molecular weight is 304 g/mol. The molecule has 4 heteroatoms. The first kappa shape index (κ1) is 16.8. The van der Waals surface area contributed by atoms with E-state index in [1.54, 1.807) is 7.11 Å². The second-order valence-electron chi connectivity index (χ2n) is 6.91. The topological polar surface area (TPSA) is 50.4 Å². The van der Waals surface area contributed by atoms with E-state index in [0.29, 0.717) is 12.6 Å². The lowest BCUT2D eigenvalue weighted by Gasteiger charge is -2.30. The van der Waals surface area contributed by atoms with Crippen LogP contribution in [0.25, 0.3) is 0 Å². The number of nitrogens with one attached hydrogen (secondary N) is 2. The first-order valence-electron chi connectivity index (χ1n) is 8.08. The van der Waals surface area contributed by atoms with Crippen LogP contribution in [-0.2, 0) is 10.2 Å². The fraction of sp³-hybridized carbons (Fsp3) is 0.611. The van der Waals surface area contributed by atoms with Gasteiger partial charge in [0.15, 0.2) is 0 Å². The lowest BCUT2D eigenvalue weighted by Crippen LogP contribution is -2.45. The Morgan fingerprint density at radius 1 is 1.36 bits per heavy atom. The third-order valence-electron chi connectivity index (χ3n) is 4.57. The maximum atomic E-state index is 12.4. The van der Waals surface area contributed by atoms with E-state index in [2.05, 4.69) is 43.5 Å². The zero-order valence-electron chi connectivity index (χ0n) is 14.1. The van der Waals surface area contributed by atoms with Crippen molar-refractivity contribution in [2.75, 3.05) is 20.2 Å². The van der Waals surface area contributed by atoms with Gasteiger partial charge in [0.2, 0.25) is 5.91 Å². The van der Waals surface area contributed by atoms with Crippen molar-refractivity contribution in [1.82, 2.24) is 10.6 Å². The van der Waals surface area contributed by atoms with Crippen LogP contribution in [-0.4, -0.2) is 32.1 Å². The van der Waals surface area contributed by atoms with Crippen LogP contribution in [0.2, 0.25) is 0 Å². The van der Waals surface area contributed by atoms with Gasteiger partial charge in [-0.05, 0) is 44.0 Å². The van der Waals surface area contributed by atoms with Gasteiger partial charge in [-0.2, -0.15) is 0 Å². The third kappa shape index (κ3) is 4.23. The summed E-state index contributed by atoms with van der Waals surface area (Å²) in [6.07, 6.45) is 1.86. The molecule has 0 aromatic heterocycles. The maximum absolute atomic E-state index is 12.4. The van der Waals surface area contributed by atoms with Crippen molar-refractivity contribution >= 4 is 5.91 Å². The Labute approximate surface area is 133 Å². The minimum absolute atomic E-state index is 0.0968. The molecule has 0 spiro atoms. The highest BCUT2D eigenvalue weighted by molar-refractivity contribution is 5.78. The van der Waals surface area contributed by atoms with Gasteiger partial charge in [0, 0.05) is 23.9 Å². The van der Waals surface area contributed by atoms with Crippen LogP contribution in [0.15, 0.2) is 24.3 Å². The monoisotopic (exact) mass is 304 g/mol. The van der Waals surface area contributed by atoms with Crippen molar-refractivity contribution in [2.45, 2.75) is 45.1 Å². The molecule has 22 heavy (non-hydrogen) atoms. The SMILES string of the molecule is COc1ccc(C(C)(C)CNC(=O)[C@H]2CCN[C@@H](C)C2)cc1. The van der Waals surface area contributed by atoms with Crippen molar-refractivity contribution in [3.05, 3.63) is 29.8 Å². The molecular formula is C18H28N2O2. The number of carbonyl (C=O) groups is 1. The van der Waals surface area contributed by atoms with E-state index in [9.17, 15) is 4.79 Å². The van der Waals surface area contributed by atoms with Gasteiger partial charge in [-0.1, -0.05) is 26.0 Å². The molecule has 122 valence electrons. The third-order valence-corrected chi connectivity index (χ3v) is 4.57. The predicted molar refractivity (Wildman–Crippen MR) is 89.2 cm³/mol. The number of hydrogen-bond donors (Lipinski definition) is 2. The summed E-state index contributed by atoms with van der Waals surface area (Å²) >= 11 is 0. The minimum Gasteiger partial charge on any atom is -0.497 e. The van der Waals surface area contributed by atoms with E-state index in [-0.39, 0.29) is 17.2 Å². The summed E-state index contributed by atoms with van der Waals surface area (Å²) in [7, 11) is 1.67. The van der Waals surface area contributed by atoms with Crippen LogP contribution in [0.4, 0.5) is 0 Å². The Kier molecular flexibility index (Phi) is 5.46. The maximum Gasteiger partial charge on any atom is 0.223 e. The van der Waals surface area contributed by atoms with Crippen LogP contribution in [0.5, 0.6) is 5.75 Å². The lowest BCUT2D eigenvalue weighted by atomic mass is 9.84. The molecule has 0 saturated carbocycles. The second kappa shape index (κ2) is 7.14. The molecule has 1 fully saturated rings. The van der Waals surface area contributed by atoms with Crippen molar-refractivity contribution in [1.29, 1.82) is 0 Å². The van der Waals surface area contributed by atoms with Gasteiger partial charge in [-0.25, -0.2) is 0 Å². The van der Waals surface area contributed by atoms with Crippen LogP contribution in [0, 0.1) is 5.92 Å². The molecule has 1 amide bonds. The van der Waals surface area contributed by atoms with Crippen LogP contribution >= 0.6 is 0 Å². The molecule has 4 nitrogen and oxygen atoms in total. The van der Waals surface area contributed by atoms with Gasteiger partial charge in [0.05, 0.1) is 7.11 Å². The van der Waals surface area contributed by atoms with Gasteiger partial charge >= 0.3 is 0 Å². The number of benzene rings is 1. The largest absolute Gasteiger partial charge is 0.497 e. The fourth-order valence-electron chi connectivity index (χ4n) is 2.97. The van der Waals surface area contributed by atoms with E-state index in [4.69, 9.17) is 4.74 Å². The lowest BCUT2D eigenvalue weighted by molar-refractivity contribution is -0.126. The zero-order valence-corrected chi connectivity index (χ0v) is 14.1. The summed E-state index contributed by atoms with van der Waals surface area (Å²) in [5, 5.41) is 6.53. The number of ether oxygens (including phenoxy) is 1.